The molecule has 0 aliphatic carbocycles. The Morgan fingerprint density at radius 2 is 0.947 bits per heavy atom. The van der Waals surface area contributed by atoms with Crippen molar-refractivity contribution in [3.05, 3.63) is 0 Å². The van der Waals surface area contributed by atoms with Gasteiger partial charge in [0, 0.05) is 11.5 Å². The second kappa shape index (κ2) is 13.3. The van der Waals surface area contributed by atoms with Gasteiger partial charge in [0.25, 0.3) is 0 Å². The van der Waals surface area contributed by atoms with E-state index in [0.717, 1.165) is 25.7 Å². The minimum atomic E-state index is -3.95. The van der Waals surface area contributed by atoms with Gasteiger partial charge in [0.15, 0.2) is 0 Å². The van der Waals surface area contributed by atoms with Crippen LogP contribution in [0, 0.1) is 0 Å². The molecule has 0 atom stereocenters. The zero-order valence-corrected chi connectivity index (χ0v) is 14.1. The van der Waals surface area contributed by atoms with Crippen LogP contribution in [0.2, 0.25) is 0 Å². The van der Waals surface area contributed by atoms with E-state index in [1.165, 1.54) is 0 Å². The molecular weight excluding hydrogens is 335 g/mol. The summed E-state index contributed by atoms with van der Waals surface area (Å²) in [5.41, 5.74) is 0. The van der Waals surface area contributed by atoms with Crippen molar-refractivity contribution >= 4 is 20.2 Å². The predicted molar refractivity (Wildman–Crippen MR) is 68.2 cm³/mol. The third-order valence-electron chi connectivity index (χ3n) is 2.00. The van der Waals surface area contributed by atoms with Gasteiger partial charge in [0.05, 0.1) is 20.2 Å². The van der Waals surface area contributed by atoms with Gasteiger partial charge in [-0.1, -0.05) is 39.5 Å². The van der Waals surface area contributed by atoms with Gasteiger partial charge >= 0.3 is 17.1 Å². The first-order valence-corrected chi connectivity index (χ1v) is 9.15. The molecular formula is C10H22MnO6S2. The molecule has 6 nitrogen and oxygen atoms in total. The van der Waals surface area contributed by atoms with E-state index in [1.54, 1.807) is 0 Å². The molecule has 0 aromatic rings. The Bertz CT molecular complexity index is 339. The third kappa shape index (κ3) is 32.2. The first-order chi connectivity index (χ1) is 8.12. The van der Waals surface area contributed by atoms with Gasteiger partial charge in [-0.05, 0) is 12.8 Å². The molecule has 0 unspecified atom stereocenters. The molecule has 9 heteroatoms. The van der Waals surface area contributed by atoms with Gasteiger partial charge in [-0.3, -0.25) is 0 Å². The fraction of sp³-hybridized carbons (Fsp3) is 1.00. The van der Waals surface area contributed by atoms with Crippen LogP contribution in [0.25, 0.3) is 0 Å². The topological polar surface area (TPSA) is 114 Å². The zero-order chi connectivity index (χ0) is 14.7. The summed E-state index contributed by atoms with van der Waals surface area (Å²) in [6.07, 6.45) is 4.53. The van der Waals surface area contributed by atoms with Gasteiger partial charge in [0.1, 0.15) is 0 Å². The maximum Gasteiger partial charge on any atom is 2.00 e. The monoisotopic (exact) mass is 357 g/mol. The van der Waals surface area contributed by atoms with Crippen LogP contribution in [-0.4, -0.2) is 37.4 Å². The van der Waals surface area contributed by atoms with Gasteiger partial charge in [-0.15, -0.1) is 0 Å². The Labute approximate surface area is 127 Å². The molecule has 117 valence electrons. The molecule has 19 heavy (non-hydrogen) atoms. The van der Waals surface area contributed by atoms with E-state index in [2.05, 4.69) is 0 Å². The Kier molecular flexibility index (Phi) is 17.1. The molecule has 0 heterocycles. The maximum absolute atomic E-state index is 9.95. The molecule has 0 saturated heterocycles. The maximum atomic E-state index is 9.95. The Morgan fingerprint density at radius 1 is 0.684 bits per heavy atom. The molecule has 0 aromatic heterocycles. The Morgan fingerprint density at radius 3 is 1.11 bits per heavy atom. The quantitative estimate of drug-likeness (QED) is 0.369. The SMILES string of the molecule is CCCCCS(=O)(=O)[O-].CCCCCS(=O)(=O)[O-].[Mn+2]. The summed E-state index contributed by atoms with van der Waals surface area (Å²) in [6, 6.07) is 0. The van der Waals surface area contributed by atoms with Crippen LogP contribution in [0.1, 0.15) is 52.4 Å². The second-order valence-electron chi connectivity index (χ2n) is 3.94. The van der Waals surface area contributed by atoms with Crippen LogP contribution in [0.5, 0.6) is 0 Å². The Balaban J connectivity index is -0.000000256. The van der Waals surface area contributed by atoms with Crippen LogP contribution in [0.3, 0.4) is 0 Å². The Hall–Kier alpha value is 0.339. The van der Waals surface area contributed by atoms with Crippen LogP contribution in [-0.2, 0) is 37.3 Å². The van der Waals surface area contributed by atoms with Crippen LogP contribution in [0.4, 0.5) is 0 Å². The van der Waals surface area contributed by atoms with Crippen molar-refractivity contribution in [3.63, 3.8) is 0 Å². The fourth-order valence-electron chi connectivity index (χ4n) is 1.06. The minimum absolute atomic E-state index is 0. The van der Waals surface area contributed by atoms with Crippen molar-refractivity contribution in [3.8, 4) is 0 Å². The number of hydrogen-bond acceptors (Lipinski definition) is 6. The van der Waals surface area contributed by atoms with E-state index in [-0.39, 0.29) is 28.6 Å². The van der Waals surface area contributed by atoms with Gasteiger partial charge in [-0.25, -0.2) is 16.8 Å². The normalized spacial score (nSPS) is 11.2. The van der Waals surface area contributed by atoms with Crippen LogP contribution < -0.4 is 0 Å². The van der Waals surface area contributed by atoms with Crippen molar-refractivity contribution < 1.29 is 43.0 Å². The molecule has 1 radical (unpaired) electrons. The van der Waals surface area contributed by atoms with Crippen molar-refractivity contribution in [1.82, 2.24) is 0 Å². The van der Waals surface area contributed by atoms with Crippen molar-refractivity contribution in [1.29, 1.82) is 0 Å². The first-order valence-electron chi connectivity index (χ1n) is 5.99. The molecule has 0 aliphatic rings. The van der Waals surface area contributed by atoms with Gasteiger partial charge in [-0.2, -0.15) is 0 Å². The minimum Gasteiger partial charge on any atom is -0.748 e. The van der Waals surface area contributed by atoms with Crippen LogP contribution >= 0.6 is 0 Å². The summed E-state index contributed by atoms with van der Waals surface area (Å²) in [5, 5.41) is 0. The average Bonchev–Trinajstić information content (AvgIpc) is 2.16. The second-order valence-corrected chi connectivity index (χ2v) is 6.99. The molecule has 0 fully saturated rings. The summed E-state index contributed by atoms with van der Waals surface area (Å²) in [6.45, 7) is 3.91. The van der Waals surface area contributed by atoms with Gasteiger partial charge in [0.2, 0.25) is 0 Å². The first kappa shape index (κ1) is 24.4. The predicted octanol–water partition coefficient (Wildman–Crippen LogP) is 1.44. The van der Waals surface area contributed by atoms with Gasteiger partial charge < -0.3 is 9.11 Å². The summed E-state index contributed by atoms with van der Waals surface area (Å²) >= 11 is 0. The standard InChI is InChI=1S/2C5H12O3S.Mn/c2*1-2-3-4-5-9(6,7)8;/h2*2-5H2,1H3,(H,6,7,8);/q;;+2/p-2. The van der Waals surface area contributed by atoms with E-state index in [9.17, 15) is 25.9 Å². The molecule has 0 rings (SSSR count). The molecule has 0 spiro atoms. The molecule has 0 amide bonds. The summed E-state index contributed by atoms with van der Waals surface area (Å²) in [5.74, 6) is -0.415. The fourth-order valence-corrected chi connectivity index (χ4v) is 2.17. The third-order valence-corrected chi connectivity index (χ3v) is 3.57. The van der Waals surface area contributed by atoms with Crippen molar-refractivity contribution in [2.24, 2.45) is 0 Å². The smallest absolute Gasteiger partial charge is 0.748 e. The number of unbranched alkanes of at least 4 members (excludes halogenated alkanes) is 4. The molecule has 0 aromatic carbocycles. The molecule has 0 aliphatic heterocycles. The average molecular weight is 357 g/mol. The molecule has 0 N–H and O–H groups in total. The summed E-state index contributed by atoms with van der Waals surface area (Å²) in [4.78, 5) is 0. The largest absolute Gasteiger partial charge is 2.00 e. The van der Waals surface area contributed by atoms with Crippen molar-refractivity contribution in [2.75, 3.05) is 11.5 Å². The number of hydrogen-bond donors (Lipinski definition) is 0. The van der Waals surface area contributed by atoms with E-state index in [4.69, 9.17) is 0 Å². The van der Waals surface area contributed by atoms with Crippen molar-refractivity contribution in [2.45, 2.75) is 52.4 Å². The number of rotatable bonds is 8. The van der Waals surface area contributed by atoms with E-state index >= 15 is 0 Å². The summed E-state index contributed by atoms with van der Waals surface area (Å²) < 4.78 is 59.7. The molecule has 0 saturated carbocycles. The van der Waals surface area contributed by atoms with E-state index in [0.29, 0.717) is 12.8 Å². The zero-order valence-electron chi connectivity index (χ0n) is 11.3. The van der Waals surface area contributed by atoms with E-state index < -0.39 is 20.2 Å². The summed E-state index contributed by atoms with van der Waals surface area (Å²) in [7, 11) is -7.89. The molecule has 0 bridgehead atoms. The van der Waals surface area contributed by atoms with E-state index in [1.807, 2.05) is 13.8 Å². The van der Waals surface area contributed by atoms with Crippen LogP contribution in [0.15, 0.2) is 0 Å².